The first-order valence-corrected chi connectivity index (χ1v) is 5.20. The van der Waals surface area contributed by atoms with Crippen molar-refractivity contribution < 1.29 is 19.4 Å². The van der Waals surface area contributed by atoms with Gasteiger partial charge in [-0.2, -0.15) is 0 Å². The molecule has 0 spiro atoms. The Bertz CT molecular complexity index is 628. The number of ether oxygens (including phenoxy) is 1. The molecule has 1 N–H and O–H groups in total. The second-order valence-corrected chi connectivity index (χ2v) is 3.92. The average Bonchev–Trinajstić information content (AvgIpc) is 2.67. The van der Waals surface area contributed by atoms with Gasteiger partial charge in [0.15, 0.2) is 0 Å². The Morgan fingerprint density at radius 1 is 1.41 bits per heavy atom. The fraction of sp³-hybridized carbons (Fsp3) is 0.167. The molecule has 2 heterocycles. The minimum absolute atomic E-state index is 0.138. The molecular formula is C12H9NO4. The number of nitrogens with zero attached hydrogens (tertiary/aromatic N) is 1. The molecule has 1 atom stereocenters. The van der Waals surface area contributed by atoms with E-state index in [0.29, 0.717) is 5.88 Å². The van der Waals surface area contributed by atoms with Gasteiger partial charge >= 0.3 is 5.97 Å². The molecule has 1 aromatic heterocycles. The Kier molecular flexibility index (Phi) is 1.95. The van der Waals surface area contributed by atoms with Crippen molar-refractivity contribution in [3.05, 3.63) is 30.3 Å². The van der Waals surface area contributed by atoms with Crippen molar-refractivity contribution in [1.82, 2.24) is 4.57 Å². The Morgan fingerprint density at radius 3 is 2.94 bits per heavy atom. The summed E-state index contributed by atoms with van der Waals surface area (Å²) in [5, 5.41) is 9.73. The highest BCUT2D eigenvalue weighted by atomic mass is 16.5. The van der Waals surface area contributed by atoms with E-state index in [1.165, 1.54) is 4.57 Å². The summed E-state index contributed by atoms with van der Waals surface area (Å²) in [6.45, 7) is 0. The third kappa shape index (κ3) is 1.39. The van der Waals surface area contributed by atoms with Gasteiger partial charge in [-0.05, 0) is 6.07 Å². The number of carboxylic acid groups (broad SMARTS) is 1. The third-order valence-electron chi connectivity index (χ3n) is 2.82. The van der Waals surface area contributed by atoms with Gasteiger partial charge in [-0.1, -0.05) is 18.2 Å². The SMILES string of the molecule is O=C(O)C1CC(=O)n2c(cc3ccccc32)O1. The number of aliphatic carboxylic acids is 1. The van der Waals surface area contributed by atoms with Gasteiger partial charge in [-0.15, -0.1) is 0 Å². The van der Waals surface area contributed by atoms with Crippen molar-refractivity contribution in [2.75, 3.05) is 0 Å². The summed E-state index contributed by atoms with van der Waals surface area (Å²) in [5.41, 5.74) is 0.747. The van der Waals surface area contributed by atoms with E-state index in [-0.39, 0.29) is 12.3 Å². The van der Waals surface area contributed by atoms with Gasteiger partial charge in [0, 0.05) is 11.5 Å². The van der Waals surface area contributed by atoms with Crippen molar-refractivity contribution in [1.29, 1.82) is 0 Å². The van der Waals surface area contributed by atoms with E-state index in [0.717, 1.165) is 10.9 Å². The first-order chi connectivity index (χ1) is 8.16. The number of hydrogen-bond donors (Lipinski definition) is 1. The second-order valence-electron chi connectivity index (χ2n) is 3.92. The summed E-state index contributed by atoms with van der Waals surface area (Å²) < 4.78 is 6.72. The number of fused-ring (bicyclic) bond motifs is 3. The molecule has 5 heteroatoms. The Hall–Kier alpha value is -2.30. The molecule has 0 saturated heterocycles. The topological polar surface area (TPSA) is 68.5 Å². The number of hydrogen-bond acceptors (Lipinski definition) is 3. The number of para-hydroxylation sites is 1. The van der Waals surface area contributed by atoms with Gasteiger partial charge in [0.05, 0.1) is 11.9 Å². The van der Waals surface area contributed by atoms with Crippen LogP contribution in [0.15, 0.2) is 30.3 Å². The van der Waals surface area contributed by atoms with Gasteiger partial charge in [-0.3, -0.25) is 9.36 Å². The summed E-state index contributed by atoms with van der Waals surface area (Å²) in [4.78, 5) is 22.7. The van der Waals surface area contributed by atoms with Crippen LogP contribution >= 0.6 is 0 Å². The molecule has 1 unspecified atom stereocenters. The molecule has 86 valence electrons. The molecule has 0 bridgehead atoms. The lowest BCUT2D eigenvalue weighted by molar-refractivity contribution is -0.145. The monoisotopic (exact) mass is 231 g/mol. The van der Waals surface area contributed by atoms with Gasteiger partial charge < -0.3 is 9.84 Å². The predicted octanol–water partition coefficient (Wildman–Crippen LogP) is 1.52. The Labute approximate surface area is 96.2 Å². The Balaban J connectivity index is 2.18. The molecule has 1 aromatic carbocycles. The van der Waals surface area contributed by atoms with Crippen LogP contribution in [0, 0.1) is 0 Å². The highest BCUT2D eigenvalue weighted by Crippen LogP contribution is 2.30. The molecule has 0 saturated carbocycles. The van der Waals surface area contributed by atoms with Crippen LogP contribution in [0.3, 0.4) is 0 Å². The van der Waals surface area contributed by atoms with E-state index in [2.05, 4.69) is 0 Å². The quantitative estimate of drug-likeness (QED) is 0.807. The zero-order valence-electron chi connectivity index (χ0n) is 8.79. The van der Waals surface area contributed by atoms with Crippen molar-refractivity contribution in [3.8, 4) is 5.88 Å². The number of rotatable bonds is 1. The van der Waals surface area contributed by atoms with E-state index >= 15 is 0 Å². The summed E-state index contributed by atoms with van der Waals surface area (Å²) in [6, 6.07) is 9.02. The molecule has 0 aliphatic carbocycles. The van der Waals surface area contributed by atoms with Crippen molar-refractivity contribution >= 4 is 22.8 Å². The maximum atomic E-state index is 11.9. The zero-order valence-corrected chi connectivity index (χ0v) is 8.79. The number of benzene rings is 1. The van der Waals surface area contributed by atoms with E-state index in [1.54, 1.807) is 12.1 Å². The van der Waals surface area contributed by atoms with E-state index in [9.17, 15) is 9.59 Å². The second kappa shape index (κ2) is 3.35. The summed E-state index contributed by atoms with van der Waals surface area (Å²) in [6.07, 6.45) is -1.22. The van der Waals surface area contributed by atoms with Crippen LogP contribution in [0.4, 0.5) is 0 Å². The van der Waals surface area contributed by atoms with Gasteiger partial charge in [0.25, 0.3) is 0 Å². The summed E-state index contributed by atoms with van der Waals surface area (Å²) in [7, 11) is 0. The molecule has 1 aliphatic heterocycles. The zero-order chi connectivity index (χ0) is 12.0. The molecule has 17 heavy (non-hydrogen) atoms. The van der Waals surface area contributed by atoms with Gasteiger partial charge in [0.2, 0.25) is 17.9 Å². The lowest BCUT2D eigenvalue weighted by Gasteiger charge is -2.21. The Morgan fingerprint density at radius 2 is 2.18 bits per heavy atom. The summed E-state index contributed by atoms with van der Waals surface area (Å²) >= 11 is 0. The van der Waals surface area contributed by atoms with Gasteiger partial charge in [-0.25, -0.2) is 4.79 Å². The highest BCUT2D eigenvalue weighted by molar-refractivity contribution is 5.97. The first kappa shape index (κ1) is 9.89. The van der Waals surface area contributed by atoms with E-state index in [4.69, 9.17) is 9.84 Å². The third-order valence-corrected chi connectivity index (χ3v) is 2.82. The molecule has 1 aliphatic rings. The minimum Gasteiger partial charge on any atom is -0.478 e. The van der Waals surface area contributed by atoms with Crippen LogP contribution in [-0.2, 0) is 4.79 Å². The van der Waals surface area contributed by atoms with Crippen LogP contribution in [0.25, 0.3) is 10.9 Å². The predicted molar refractivity (Wildman–Crippen MR) is 59.2 cm³/mol. The molecule has 3 rings (SSSR count). The fourth-order valence-corrected chi connectivity index (χ4v) is 2.05. The van der Waals surface area contributed by atoms with E-state index < -0.39 is 12.1 Å². The normalized spacial score (nSPS) is 18.8. The first-order valence-electron chi connectivity index (χ1n) is 5.20. The van der Waals surface area contributed by atoms with Crippen LogP contribution in [0.2, 0.25) is 0 Å². The van der Waals surface area contributed by atoms with E-state index in [1.807, 2.05) is 18.2 Å². The molecule has 0 amide bonds. The molecule has 5 nitrogen and oxygen atoms in total. The van der Waals surface area contributed by atoms with Crippen molar-refractivity contribution in [2.24, 2.45) is 0 Å². The van der Waals surface area contributed by atoms with Gasteiger partial charge in [0.1, 0.15) is 0 Å². The maximum absolute atomic E-state index is 11.9. The number of aromatic nitrogens is 1. The minimum atomic E-state index is -1.12. The smallest absolute Gasteiger partial charge is 0.345 e. The number of carbonyl (C=O) groups is 2. The molecular weight excluding hydrogens is 222 g/mol. The maximum Gasteiger partial charge on any atom is 0.345 e. The van der Waals surface area contributed by atoms with Crippen LogP contribution in [0.1, 0.15) is 11.2 Å². The average molecular weight is 231 g/mol. The van der Waals surface area contributed by atoms with Crippen molar-refractivity contribution in [3.63, 3.8) is 0 Å². The molecule has 0 fully saturated rings. The molecule has 0 radical (unpaired) electrons. The molecule has 2 aromatic rings. The van der Waals surface area contributed by atoms with Crippen LogP contribution in [-0.4, -0.2) is 27.7 Å². The lowest BCUT2D eigenvalue weighted by Crippen LogP contribution is -2.36. The van der Waals surface area contributed by atoms with Crippen molar-refractivity contribution in [2.45, 2.75) is 12.5 Å². The summed E-state index contributed by atoms with van der Waals surface area (Å²) in [5.74, 6) is -1.07. The van der Waals surface area contributed by atoms with Crippen LogP contribution in [0.5, 0.6) is 5.88 Å². The highest BCUT2D eigenvalue weighted by Gasteiger charge is 2.32. The van der Waals surface area contributed by atoms with Crippen LogP contribution < -0.4 is 4.74 Å². The standard InChI is InChI=1S/C12H9NO4/c14-10-6-9(12(15)16)17-11-5-7-3-1-2-4-8(7)13(10)11/h1-5,9H,6H2,(H,15,16). The lowest BCUT2D eigenvalue weighted by atomic mass is 10.2. The number of carbonyl (C=O) groups excluding carboxylic acids is 1. The number of carboxylic acids is 1. The largest absolute Gasteiger partial charge is 0.478 e. The fourth-order valence-electron chi connectivity index (χ4n) is 2.05.